The van der Waals surface area contributed by atoms with Crippen LogP contribution in [-0.4, -0.2) is 25.7 Å². The van der Waals surface area contributed by atoms with Crippen molar-refractivity contribution in [1.29, 1.82) is 0 Å². The molecule has 1 rings (SSSR count). The Balaban J connectivity index is 2.29. The number of rotatable bonds is 5. The summed E-state index contributed by atoms with van der Waals surface area (Å²) in [5.41, 5.74) is 0.236. The van der Waals surface area contributed by atoms with E-state index in [1.165, 1.54) is 0 Å². The highest BCUT2D eigenvalue weighted by Crippen LogP contribution is 2.28. The van der Waals surface area contributed by atoms with Gasteiger partial charge >= 0.3 is 0 Å². The molecule has 3 nitrogen and oxygen atoms in total. The molecule has 0 radical (unpaired) electrons. The summed E-state index contributed by atoms with van der Waals surface area (Å²) in [6.45, 7) is 8.81. The van der Waals surface area contributed by atoms with Crippen molar-refractivity contribution in [2.75, 3.05) is 19.8 Å². The molecule has 1 atom stereocenters. The predicted octanol–water partition coefficient (Wildman–Crippen LogP) is 2.36. The number of carbonyl (C=O) groups excluding carboxylic acids is 1. The van der Waals surface area contributed by atoms with Crippen LogP contribution in [-0.2, 0) is 9.53 Å². The second kappa shape index (κ2) is 6.24. The second-order valence-corrected chi connectivity index (χ2v) is 5.33. The van der Waals surface area contributed by atoms with E-state index in [0.29, 0.717) is 0 Å². The minimum atomic E-state index is 0.147. The lowest BCUT2D eigenvalue weighted by Gasteiger charge is -2.33. The van der Waals surface area contributed by atoms with E-state index in [4.69, 9.17) is 4.74 Å². The van der Waals surface area contributed by atoms with Crippen molar-refractivity contribution in [2.24, 2.45) is 11.3 Å². The first kappa shape index (κ1) is 13.5. The van der Waals surface area contributed by atoms with Crippen LogP contribution in [0.15, 0.2) is 0 Å². The molecule has 0 aromatic carbocycles. The predicted molar refractivity (Wildman–Crippen MR) is 65.2 cm³/mol. The van der Waals surface area contributed by atoms with Crippen LogP contribution in [0.25, 0.3) is 0 Å². The van der Waals surface area contributed by atoms with Crippen LogP contribution in [0, 0.1) is 11.3 Å². The molecular weight excluding hydrogens is 202 g/mol. The Bertz CT molecular complexity index is 222. The molecule has 0 unspecified atom stereocenters. The van der Waals surface area contributed by atoms with Gasteiger partial charge in [0.1, 0.15) is 0 Å². The smallest absolute Gasteiger partial charge is 0.222 e. The zero-order valence-electron chi connectivity index (χ0n) is 10.8. The zero-order valence-corrected chi connectivity index (χ0v) is 10.8. The van der Waals surface area contributed by atoms with Crippen molar-refractivity contribution in [1.82, 2.24) is 5.32 Å². The SMILES string of the molecule is CCC[C@H](C)C(=O)NCC1(C)CCOCC1. The van der Waals surface area contributed by atoms with E-state index in [9.17, 15) is 4.79 Å². The molecule has 0 bridgehead atoms. The maximum absolute atomic E-state index is 11.8. The highest BCUT2D eigenvalue weighted by atomic mass is 16.5. The lowest BCUT2D eigenvalue weighted by molar-refractivity contribution is -0.125. The summed E-state index contributed by atoms with van der Waals surface area (Å²) in [6.07, 6.45) is 4.15. The van der Waals surface area contributed by atoms with E-state index < -0.39 is 0 Å². The first-order valence-electron chi connectivity index (χ1n) is 6.43. The minimum absolute atomic E-state index is 0.147. The van der Waals surface area contributed by atoms with Gasteiger partial charge in [-0.15, -0.1) is 0 Å². The van der Waals surface area contributed by atoms with Crippen molar-refractivity contribution >= 4 is 5.91 Å². The second-order valence-electron chi connectivity index (χ2n) is 5.33. The van der Waals surface area contributed by atoms with Gasteiger partial charge in [-0.2, -0.15) is 0 Å². The third kappa shape index (κ3) is 4.12. The molecule has 1 saturated heterocycles. The van der Waals surface area contributed by atoms with Crippen LogP contribution in [0.1, 0.15) is 46.5 Å². The van der Waals surface area contributed by atoms with Gasteiger partial charge in [-0.1, -0.05) is 27.2 Å². The third-order valence-electron chi connectivity index (χ3n) is 3.56. The zero-order chi connectivity index (χ0) is 12.0. The molecule has 3 heteroatoms. The number of amides is 1. The largest absolute Gasteiger partial charge is 0.381 e. The minimum Gasteiger partial charge on any atom is -0.381 e. The Hall–Kier alpha value is -0.570. The summed E-state index contributed by atoms with van der Waals surface area (Å²) in [5, 5.41) is 3.08. The molecule has 1 amide bonds. The first-order chi connectivity index (χ1) is 7.57. The Labute approximate surface area is 98.9 Å². The van der Waals surface area contributed by atoms with Crippen molar-refractivity contribution in [2.45, 2.75) is 46.5 Å². The van der Waals surface area contributed by atoms with Gasteiger partial charge in [-0.25, -0.2) is 0 Å². The van der Waals surface area contributed by atoms with Crippen molar-refractivity contribution < 1.29 is 9.53 Å². The molecule has 0 aromatic rings. The summed E-state index contributed by atoms with van der Waals surface area (Å²) < 4.78 is 5.35. The quantitative estimate of drug-likeness (QED) is 0.783. The lowest BCUT2D eigenvalue weighted by Crippen LogP contribution is -2.41. The fourth-order valence-corrected chi connectivity index (χ4v) is 2.08. The van der Waals surface area contributed by atoms with Crippen LogP contribution < -0.4 is 5.32 Å². The summed E-state index contributed by atoms with van der Waals surface area (Å²) in [7, 11) is 0. The van der Waals surface area contributed by atoms with Gasteiger partial charge in [0, 0.05) is 25.7 Å². The van der Waals surface area contributed by atoms with E-state index in [-0.39, 0.29) is 17.2 Å². The average molecular weight is 227 g/mol. The Morgan fingerprint density at radius 2 is 2.06 bits per heavy atom. The molecule has 1 N–H and O–H groups in total. The number of hydrogen-bond acceptors (Lipinski definition) is 2. The third-order valence-corrected chi connectivity index (χ3v) is 3.56. The summed E-state index contributed by atoms with van der Waals surface area (Å²) in [5.74, 6) is 0.350. The number of ether oxygens (including phenoxy) is 1. The van der Waals surface area contributed by atoms with Gasteiger partial charge in [0.25, 0.3) is 0 Å². The standard InChI is InChI=1S/C13H25NO2/c1-4-5-11(2)12(15)14-10-13(3)6-8-16-9-7-13/h11H,4-10H2,1-3H3,(H,14,15)/t11-/m0/s1. The van der Waals surface area contributed by atoms with Gasteiger partial charge in [0.2, 0.25) is 5.91 Å². The molecule has 0 aliphatic carbocycles. The van der Waals surface area contributed by atoms with Crippen molar-refractivity contribution in [3.05, 3.63) is 0 Å². The number of carbonyl (C=O) groups is 1. The Morgan fingerprint density at radius 1 is 1.44 bits per heavy atom. The van der Waals surface area contributed by atoms with Crippen LogP contribution in [0.3, 0.4) is 0 Å². The Morgan fingerprint density at radius 3 is 2.62 bits per heavy atom. The molecule has 0 saturated carbocycles. The van der Waals surface area contributed by atoms with Gasteiger partial charge in [-0.05, 0) is 24.7 Å². The first-order valence-corrected chi connectivity index (χ1v) is 6.43. The van der Waals surface area contributed by atoms with E-state index >= 15 is 0 Å². The highest BCUT2D eigenvalue weighted by Gasteiger charge is 2.28. The van der Waals surface area contributed by atoms with E-state index in [1.807, 2.05) is 6.92 Å². The maximum atomic E-state index is 11.8. The van der Waals surface area contributed by atoms with Gasteiger partial charge < -0.3 is 10.1 Å². The molecule has 0 spiro atoms. The van der Waals surface area contributed by atoms with Gasteiger partial charge in [0.05, 0.1) is 0 Å². The fraction of sp³-hybridized carbons (Fsp3) is 0.923. The lowest BCUT2D eigenvalue weighted by atomic mass is 9.82. The maximum Gasteiger partial charge on any atom is 0.222 e. The van der Waals surface area contributed by atoms with Crippen molar-refractivity contribution in [3.8, 4) is 0 Å². The fourth-order valence-electron chi connectivity index (χ4n) is 2.08. The molecule has 1 fully saturated rings. The van der Waals surface area contributed by atoms with Crippen molar-refractivity contribution in [3.63, 3.8) is 0 Å². The van der Waals surface area contributed by atoms with E-state index in [2.05, 4.69) is 19.2 Å². The Kier molecular flexibility index (Phi) is 5.26. The molecular formula is C13H25NO2. The normalized spacial score (nSPS) is 21.4. The monoisotopic (exact) mass is 227 g/mol. The molecule has 1 heterocycles. The van der Waals surface area contributed by atoms with Crippen LogP contribution >= 0.6 is 0 Å². The van der Waals surface area contributed by atoms with Crippen LogP contribution in [0.4, 0.5) is 0 Å². The highest BCUT2D eigenvalue weighted by molar-refractivity contribution is 5.78. The van der Waals surface area contributed by atoms with Crippen LogP contribution in [0.2, 0.25) is 0 Å². The molecule has 94 valence electrons. The summed E-state index contributed by atoms with van der Waals surface area (Å²) >= 11 is 0. The van der Waals surface area contributed by atoms with E-state index in [0.717, 1.165) is 45.4 Å². The summed E-state index contributed by atoms with van der Waals surface area (Å²) in [6, 6.07) is 0. The average Bonchev–Trinajstić information content (AvgIpc) is 2.27. The number of hydrogen-bond donors (Lipinski definition) is 1. The topological polar surface area (TPSA) is 38.3 Å². The molecule has 1 aliphatic rings. The van der Waals surface area contributed by atoms with Gasteiger partial charge in [-0.3, -0.25) is 4.79 Å². The van der Waals surface area contributed by atoms with Crippen LogP contribution in [0.5, 0.6) is 0 Å². The molecule has 16 heavy (non-hydrogen) atoms. The van der Waals surface area contributed by atoms with Gasteiger partial charge in [0.15, 0.2) is 0 Å². The molecule has 1 aliphatic heterocycles. The summed E-state index contributed by atoms with van der Waals surface area (Å²) in [4.78, 5) is 11.8. The molecule has 0 aromatic heterocycles. The number of nitrogens with one attached hydrogen (secondary N) is 1. The van der Waals surface area contributed by atoms with E-state index in [1.54, 1.807) is 0 Å².